The number of nitrogens with one attached hydrogen (secondary N) is 1. The molecular weight excluding hydrogens is 312 g/mol. The van der Waals surface area contributed by atoms with E-state index in [9.17, 15) is 9.59 Å². The van der Waals surface area contributed by atoms with Crippen molar-refractivity contribution in [1.29, 1.82) is 0 Å². The minimum absolute atomic E-state index is 0.0167. The van der Waals surface area contributed by atoms with E-state index >= 15 is 0 Å². The summed E-state index contributed by atoms with van der Waals surface area (Å²) in [6.45, 7) is 3.57. The Kier molecular flexibility index (Phi) is 6.90. The fourth-order valence-corrected chi connectivity index (χ4v) is 3.08. The summed E-state index contributed by atoms with van der Waals surface area (Å²) in [5, 5.41) is 3.72. The second-order valence-corrected chi connectivity index (χ2v) is 6.57. The van der Waals surface area contributed by atoms with Crippen LogP contribution in [0.25, 0.3) is 0 Å². The van der Waals surface area contributed by atoms with Crippen LogP contribution >= 0.6 is 11.6 Å². The Morgan fingerprint density at radius 2 is 2.04 bits per heavy atom. The van der Waals surface area contributed by atoms with Gasteiger partial charge in [-0.15, -0.1) is 0 Å². The van der Waals surface area contributed by atoms with Crippen molar-refractivity contribution in [2.75, 3.05) is 13.1 Å². The molecule has 0 unspecified atom stereocenters. The molecule has 126 valence electrons. The Morgan fingerprint density at radius 1 is 1.30 bits per heavy atom. The molecule has 1 N–H and O–H groups in total. The lowest BCUT2D eigenvalue weighted by Gasteiger charge is -2.32. The molecule has 0 bridgehead atoms. The summed E-state index contributed by atoms with van der Waals surface area (Å²) in [4.78, 5) is 26.0. The van der Waals surface area contributed by atoms with Crippen molar-refractivity contribution in [2.45, 2.75) is 51.5 Å². The molecule has 1 aromatic rings. The molecule has 0 aromatic heterocycles. The fourth-order valence-electron chi connectivity index (χ4n) is 2.87. The van der Waals surface area contributed by atoms with Crippen LogP contribution in [0, 0.1) is 0 Å². The van der Waals surface area contributed by atoms with E-state index in [1.807, 2.05) is 23.1 Å². The number of unbranched alkanes of at least 4 members (excludes halogenated alkanes) is 1. The Hall–Kier alpha value is -1.55. The molecule has 1 aliphatic rings. The van der Waals surface area contributed by atoms with E-state index in [4.69, 9.17) is 11.6 Å². The lowest BCUT2D eigenvalue weighted by Crippen LogP contribution is -2.46. The van der Waals surface area contributed by atoms with Gasteiger partial charge in [-0.1, -0.05) is 37.1 Å². The first-order valence-electron chi connectivity index (χ1n) is 8.40. The van der Waals surface area contributed by atoms with Crippen LogP contribution < -0.4 is 5.32 Å². The predicted octanol–water partition coefficient (Wildman–Crippen LogP) is 3.18. The van der Waals surface area contributed by atoms with E-state index in [2.05, 4.69) is 12.2 Å². The van der Waals surface area contributed by atoms with Gasteiger partial charge in [-0.2, -0.15) is 0 Å². The van der Waals surface area contributed by atoms with Crippen molar-refractivity contribution >= 4 is 23.4 Å². The van der Waals surface area contributed by atoms with Crippen molar-refractivity contribution in [2.24, 2.45) is 0 Å². The monoisotopic (exact) mass is 336 g/mol. The first kappa shape index (κ1) is 17.8. The number of carbonyl (C=O) groups excluding carboxylic acids is 2. The predicted molar refractivity (Wildman–Crippen MR) is 92.4 cm³/mol. The highest BCUT2D eigenvalue weighted by Crippen LogP contribution is 2.14. The molecule has 23 heavy (non-hydrogen) atoms. The maximum absolute atomic E-state index is 12.1. The van der Waals surface area contributed by atoms with Gasteiger partial charge in [0.15, 0.2) is 0 Å². The summed E-state index contributed by atoms with van der Waals surface area (Å²) < 4.78 is 0. The lowest BCUT2D eigenvalue weighted by molar-refractivity contribution is -0.132. The lowest BCUT2D eigenvalue weighted by atomic mass is 10.0. The normalized spacial score (nSPS) is 15.5. The van der Waals surface area contributed by atoms with Gasteiger partial charge in [0.1, 0.15) is 0 Å². The van der Waals surface area contributed by atoms with Crippen molar-refractivity contribution in [3.63, 3.8) is 0 Å². The van der Waals surface area contributed by atoms with Crippen LogP contribution in [0.15, 0.2) is 24.3 Å². The van der Waals surface area contributed by atoms with Crippen molar-refractivity contribution in [1.82, 2.24) is 10.2 Å². The van der Waals surface area contributed by atoms with Gasteiger partial charge in [0.05, 0.1) is 6.42 Å². The van der Waals surface area contributed by atoms with Crippen molar-refractivity contribution in [3.05, 3.63) is 34.9 Å². The number of hydrogen-bond donors (Lipinski definition) is 1. The van der Waals surface area contributed by atoms with Crippen molar-refractivity contribution in [3.8, 4) is 0 Å². The number of carbonyl (C=O) groups is 2. The maximum Gasteiger partial charge on any atom is 0.224 e. The first-order chi connectivity index (χ1) is 11.1. The number of amides is 2. The summed E-state index contributed by atoms with van der Waals surface area (Å²) in [5.74, 6) is 0.263. The highest BCUT2D eigenvalue weighted by atomic mass is 35.5. The quantitative estimate of drug-likeness (QED) is 0.867. The van der Waals surface area contributed by atoms with E-state index in [1.165, 1.54) is 0 Å². The average molecular weight is 337 g/mol. The molecule has 0 saturated carbocycles. The van der Waals surface area contributed by atoms with Crippen LogP contribution in [0.3, 0.4) is 0 Å². The first-order valence-corrected chi connectivity index (χ1v) is 8.78. The fraction of sp³-hybridized carbons (Fsp3) is 0.556. The second-order valence-electron chi connectivity index (χ2n) is 6.13. The standard InChI is InChI=1S/C18H25ClN2O2/c1-2-3-7-18(23)21-10-8-16(9-11-21)20-17(22)13-14-5-4-6-15(19)12-14/h4-6,12,16H,2-3,7-11,13H2,1H3,(H,20,22). The third-order valence-corrected chi connectivity index (χ3v) is 4.45. The largest absolute Gasteiger partial charge is 0.353 e. The Bertz CT molecular complexity index is 540. The van der Waals surface area contributed by atoms with Gasteiger partial charge >= 0.3 is 0 Å². The van der Waals surface area contributed by atoms with Crippen LogP contribution in [-0.4, -0.2) is 35.8 Å². The number of rotatable bonds is 6. The average Bonchev–Trinajstić information content (AvgIpc) is 2.53. The molecule has 4 nitrogen and oxygen atoms in total. The molecule has 0 spiro atoms. The van der Waals surface area contributed by atoms with Gasteiger partial charge in [0.25, 0.3) is 0 Å². The summed E-state index contributed by atoms with van der Waals surface area (Å²) >= 11 is 5.93. The smallest absolute Gasteiger partial charge is 0.224 e. The van der Waals surface area contributed by atoms with E-state index in [-0.39, 0.29) is 17.9 Å². The van der Waals surface area contributed by atoms with E-state index in [0.29, 0.717) is 17.9 Å². The van der Waals surface area contributed by atoms with Gasteiger partial charge in [-0.05, 0) is 37.0 Å². The molecule has 5 heteroatoms. The highest BCUT2D eigenvalue weighted by Gasteiger charge is 2.23. The van der Waals surface area contributed by atoms with Gasteiger partial charge in [0.2, 0.25) is 11.8 Å². The third-order valence-electron chi connectivity index (χ3n) is 4.21. The van der Waals surface area contributed by atoms with Gasteiger partial charge in [0, 0.05) is 30.6 Å². The van der Waals surface area contributed by atoms with Gasteiger partial charge in [-0.3, -0.25) is 9.59 Å². The molecule has 0 aliphatic carbocycles. The topological polar surface area (TPSA) is 49.4 Å². The second kappa shape index (κ2) is 8.92. The van der Waals surface area contributed by atoms with Crippen molar-refractivity contribution < 1.29 is 9.59 Å². The summed E-state index contributed by atoms with van der Waals surface area (Å²) in [5.41, 5.74) is 0.919. The number of benzene rings is 1. The number of halogens is 1. The molecule has 2 rings (SSSR count). The molecule has 2 amide bonds. The zero-order valence-electron chi connectivity index (χ0n) is 13.7. The molecule has 1 aliphatic heterocycles. The van der Waals surface area contributed by atoms with E-state index < -0.39 is 0 Å². The molecule has 1 aromatic carbocycles. The minimum Gasteiger partial charge on any atom is -0.353 e. The third kappa shape index (κ3) is 5.87. The van der Waals surface area contributed by atoms with Crippen LogP contribution in [0.2, 0.25) is 5.02 Å². The Morgan fingerprint density at radius 3 is 2.70 bits per heavy atom. The SMILES string of the molecule is CCCCC(=O)N1CCC(NC(=O)Cc2cccc(Cl)c2)CC1. The zero-order chi connectivity index (χ0) is 16.7. The number of piperidine rings is 1. The summed E-state index contributed by atoms with van der Waals surface area (Å²) in [6.07, 6.45) is 4.65. The molecule has 1 fully saturated rings. The minimum atomic E-state index is 0.0167. The summed E-state index contributed by atoms with van der Waals surface area (Å²) in [6, 6.07) is 7.54. The number of hydrogen-bond acceptors (Lipinski definition) is 2. The summed E-state index contributed by atoms with van der Waals surface area (Å²) in [7, 11) is 0. The molecular formula is C18H25ClN2O2. The molecule has 0 radical (unpaired) electrons. The zero-order valence-corrected chi connectivity index (χ0v) is 14.4. The Balaban J connectivity index is 1.73. The van der Waals surface area contributed by atoms with Gasteiger partial charge in [-0.25, -0.2) is 0 Å². The molecule has 1 saturated heterocycles. The highest BCUT2D eigenvalue weighted by molar-refractivity contribution is 6.30. The van der Waals surface area contributed by atoms with E-state index in [0.717, 1.165) is 44.3 Å². The molecule has 1 heterocycles. The van der Waals surface area contributed by atoms with E-state index in [1.54, 1.807) is 6.07 Å². The Labute approximate surface area is 143 Å². The van der Waals surface area contributed by atoms with Crippen LogP contribution in [-0.2, 0) is 16.0 Å². The van der Waals surface area contributed by atoms with Crippen LogP contribution in [0.4, 0.5) is 0 Å². The number of likely N-dealkylation sites (tertiary alicyclic amines) is 1. The molecule has 0 atom stereocenters. The van der Waals surface area contributed by atoms with Gasteiger partial charge < -0.3 is 10.2 Å². The van der Waals surface area contributed by atoms with Crippen LogP contribution in [0.5, 0.6) is 0 Å². The number of nitrogens with zero attached hydrogens (tertiary/aromatic N) is 1. The van der Waals surface area contributed by atoms with Crippen LogP contribution in [0.1, 0.15) is 44.6 Å². The maximum atomic E-state index is 12.1.